The number of esters is 1. The van der Waals surface area contributed by atoms with E-state index in [0.717, 1.165) is 17.7 Å². The van der Waals surface area contributed by atoms with Crippen molar-refractivity contribution < 1.29 is 14.3 Å². The molecule has 2 aromatic rings. The summed E-state index contributed by atoms with van der Waals surface area (Å²) in [6, 6.07) is 17.2. The Bertz CT molecular complexity index is 1080. The molecule has 1 amide bonds. The number of hydrogen-bond acceptors (Lipinski definition) is 4. The van der Waals surface area contributed by atoms with Crippen molar-refractivity contribution in [3.8, 4) is 0 Å². The molecule has 2 N–H and O–H groups in total. The number of allylic oxidation sites excluding steroid dienone is 1. The van der Waals surface area contributed by atoms with Gasteiger partial charge in [0.25, 0.3) is 0 Å². The average Bonchev–Trinajstić information content (AvgIpc) is 3.60. The predicted molar refractivity (Wildman–Crippen MR) is 128 cm³/mol. The summed E-state index contributed by atoms with van der Waals surface area (Å²) in [5, 5.41) is 6.86. The second-order valence-corrected chi connectivity index (χ2v) is 8.48. The summed E-state index contributed by atoms with van der Waals surface area (Å²) < 4.78 is 5.05. The number of nitrogens with one attached hydrogen (secondary N) is 2. The summed E-state index contributed by atoms with van der Waals surface area (Å²) in [5.74, 6) is -0.139. The lowest BCUT2D eigenvalue weighted by molar-refractivity contribution is -0.136. The van der Waals surface area contributed by atoms with Crippen molar-refractivity contribution in [1.82, 2.24) is 10.2 Å². The normalized spacial score (nSPS) is 22.3. The maximum Gasteiger partial charge on any atom is 0.337 e. The highest BCUT2D eigenvalue weighted by Crippen LogP contribution is 2.48. The largest absolute Gasteiger partial charge is 0.466 e. The van der Waals surface area contributed by atoms with E-state index in [1.165, 1.54) is 12.7 Å². The molecular weight excluding hydrogens is 422 g/mol. The van der Waals surface area contributed by atoms with E-state index in [-0.39, 0.29) is 17.7 Å². The van der Waals surface area contributed by atoms with E-state index in [2.05, 4.69) is 22.8 Å². The molecule has 2 aromatic carbocycles. The van der Waals surface area contributed by atoms with Crippen LogP contribution in [0.1, 0.15) is 43.4 Å². The second-order valence-electron chi connectivity index (χ2n) is 8.09. The zero-order valence-electron chi connectivity index (χ0n) is 18.4. The van der Waals surface area contributed by atoms with E-state index >= 15 is 0 Å². The van der Waals surface area contributed by atoms with Gasteiger partial charge in [0.05, 0.1) is 18.7 Å². The molecule has 4 rings (SSSR count). The maximum atomic E-state index is 12.8. The predicted octanol–water partition coefficient (Wildman–Crippen LogP) is 4.13. The summed E-state index contributed by atoms with van der Waals surface area (Å²) >= 11 is 5.52. The molecule has 0 aromatic heterocycles. The van der Waals surface area contributed by atoms with Crippen LogP contribution in [0.15, 0.2) is 65.9 Å². The Balaban J connectivity index is 1.55. The van der Waals surface area contributed by atoms with E-state index in [4.69, 9.17) is 17.0 Å². The van der Waals surface area contributed by atoms with Gasteiger partial charge < -0.3 is 20.3 Å². The van der Waals surface area contributed by atoms with Gasteiger partial charge in [0.2, 0.25) is 5.91 Å². The monoisotopic (exact) mass is 449 g/mol. The third-order valence-electron chi connectivity index (χ3n) is 6.16. The van der Waals surface area contributed by atoms with E-state index in [1.54, 1.807) is 0 Å². The molecule has 1 fully saturated rings. The molecule has 0 spiro atoms. The number of hydrogen-bond donors (Lipinski definition) is 2. The summed E-state index contributed by atoms with van der Waals surface area (Å²) in [6.45, 7) is 4.49. The molecule has 2 aliphatic rings. The van der Waals surface area contributed by atoms with Crippen LogP contribution in [0.25, 0.3) is 0 Å². The lowest BCUT2D eigenvalue weighted by atomic mass is 9.94. The fourth-order valence-electron chi connectivity index (χ4n) is 4.37. The van der Waals surface area contributed by atoms with Crippen molar-refractivity contribution in [2.75, 3.05) is 19.0 Å². The SMILES string of the molecule is CCN1C(=S)N[C@H](c2cccc(NC(=O)[C@H]3C[C@@H]3c3ccccc3)c2)C(C(=O)OC)=C1C. The Morgan fingerprint density at radius 2 is 1.88 bits per heavy atom. The fraction of sp³-hybridized carbons (Fsp3) is 0.320. The van der Waals surface area contributed by atoms with Crippen molar-refractivity contribution in [3.05, 3.63) is 77.0 Å². The van der Waals surface area contributed by atoms with Gasteiger partial charge in [0.15, 0.2) is 5.11 Å². The van der Waals surface area contributed by atoms with Crippen LogP contribution >= 0.6 is 12.2 Å². The quantitative estimate of drug-likeness (QED) is 0.511. The lowest BCUT2D eigenvalue weighted by Crippen LogP contribution is -2.47. The van der Waals surface area contributed by atoms with Crippen molar-refractivity contribution in [2.45, 2.75) is 32.2 Å². The highest BCUT2D eigenvalue weighted by Gasteiger charge is 2.44. The summed E-state index contributed by atoms with van der Waals surface area (Å²) in [7, 11) is 1.37. The third-order valence-corrected chi connectivity index (χ3v) is 6.50. The molecule has 0 saturated heterocycles. The highest BCUT2D eigenvalue weighted by molar-refractivity contribution is 7.80. The van der Waals surface area contributed by atoms with Crippen molar-refractivity contribution in [2.24, 2.45) is 5.92 Å². The first-order valence-corrected chi connectivity index (χ1v) is 11.2. The number of amides is 1. The van der Waals surface area contributed by atoms with E-state index in [9.17, 15) is 9.59 Å². The van der Waals surface area contributed by atoms with Gasteiger partial charge in [-0.3, -0.25) is 4.79 Å². The minimum Gasteiger partial charge on any atom is -0.466 e. The number of carbonyl (C=O) groups is 2. The number of thiocarbonyl (C=S) groups is 1. The van der Waals surface area contributed by atoms with Gasteiger partial charge in [-0.15, -0.1) is 0 Å². The number of carbonyl (C=O) groups excluding carboxylic acids is 2. The fourth-order valence-corrected chi connectivity index (χ4v) is 4.75. The summed E-state index contributed by atoms with van der Waals surface area (Å²) in [6.07, 6.45) is 0.856. The first-order valence-electron chi connectivity index (χ1n) is 10.8. The van der Waals surface area contributed by atoms with Crippen LogP contribution in [-0.4, -0.2) is 35.5 Å². The number of ether oxygens (including phenoxy) is 1. The van der Waals surface area contributed by atoms with Crippen LogP contribution in [0, 0.1) is 5.92 Å². The number of anilines is 1. The zero-order valence-corrected chi connectivity index (χ0v) is 19.2. The first-order chi connectivity index (χ1) is 15.4. The van der Waals surface area contributed by atoms with Crippen LogP contribution in [-0.2, 0) is 14.3 Å². The van der Waals surface area contributed by atoms with Gasteiger partial charge >= 0.3 is 5.97 Å². The molecule has 6 nitrogen and oxygen atoms in total. The molecule has 0 bridgehead atoms. The third kappa shape index (κ3) is 4.25. The number of nitrogens with zero attached hydrogens (tertiary/aromatic N) is 1. The van der Waals surface area contributed by atoms with Crippen molar-refractivity contribution in [1.29, 1.82) is 0 Å². The zero-order chi connectivity index (χ0) is 22.8. The molecular formula is C25H27N3O3S. The van der Waals surface area contributed by atoms with Gasteiger partial charge in [-0.1, -0.05) is 42.5 Å². The Morgan fingerprint density at radius 3 is 2.56 bits per heavy atom. The van der Waals surface area contributed by atoms with Crippen LogP contribution in [0.5, 0.6) is 0 Å². The first kappa shape index (κ1) is 22.0. The molecule has 0 unspecified atom stereocenters. The van der Waals surface area contributed by atoms with Gasteiger partial charge in [-0.25, -0.2) is 4.79 Å². The Morgan fingerprint density at radius 1 is 1.16 bits per heavy atom. The number of rotatable bonds is 6. The molecule has 1 aliphatic carbocycles. The molecule has 1 aliphatic heterocycles. The van der Waals surface area contributed by atoms with Crippen molar-refractivity contribution in [3.63, 3.8) is 0 Å². The molecule has 1 saturated carbocycles. The summed E-state index contributed by atoms with van der Waals surface area (Å²) in [5.41, 5.74) is 4.00. The molecule has 166 valence electrons. The van der Waals surface area contributed by atoms with E-state index in [0.29, 0.717) is 22.9 Å². The van der Waals surface area contributed by atoms with Gasteiger partial charge in [-0.05, 0) is 61.7 Å². The number of methoxy groups -OCH3 is 1. The molecule has 0 radical (unpaired) electrons. The van der Waals surface area contributed by atoms with Gasteiger partial charge in [-0.2, -0.15) is 0 Å². The van der Waals surface area contributed by atoms with E-state index < -0.39 is 12.0 Å². The highest BCUT2D eigenvalue weighted by atomic mass is 32.1. The summed E-state index contributed by atoms with van der Waals surface area (Å²) in [4.78, 5) is 27.3. The minimum atomic E-state index is -0.451. The molecule has 7 heteroatoms. The van der Waals surface area contributed by atoms with Gasteiger partial charge in [0.1, 0.15) is 0 Å². The average molecular weight is 450 g/mol. The van der Waals surface area contributed by atoms with Crippen LogP contribution in [0.2, 0.25) is 0 Å². The Labute approximate surface area is 193 Å². The lowest BCUT2D eigenvalue weighted by Gasteiger charge is -2.37. The van der Waals surface area contributed by atoms with E-state index in [1.807, 2.05) is 61.2 Å². The van der Waals surface area contributed by atoms with Crippen LogP contribution in [0.3, 0.4) is 0 Å². The molecule has 3 atom stereocenters. The van der Waals surface area contributed by atoms with Gasteiger partial charge in [0, 0.05) is 23.8 Å². The maximum absolute atomic E-state index is 12.8. The van der Waals surface area contributed by atoms with Crippen LogP contribution in [0.4, 0.5) is 5.69 Å². The second kappa shape index (κ2) is 9.12. The van der Waals surface area contributed by atoms with Crippen molar-refractivity contribution >= 4 is 34.9 Å². The molecule has 32 heavy (non-hydrogen) atoms. The topological polar surface area (TPSA) is 70.7 Å². The Hall–Kier alpha value is -3.19. The minimum absolute atomic E-state index is 0.0141. The van der Waals surface area contributed by atoms with Crippen LogP contribution < -0.4 is 10.6 Å². The number of benzene rings is 2. The Kier molecular flexibility index (Phi) is 6.28. The smallest absolute Gasteiger partial charge is 0.337 e. The molecule has 1 heterocycles. The standard InChI is InChI=1S/C25H27N3O3S/c1-4-28-15(2)21(24(30)31-3)22(27-25(28)32)17-11-8-12-18(13-17)26-23(29)20-14-19(20)16-9-6-5-7-10-16/h5-13,19-20,22H,4,14H2,1-3H3,(H,26,29)(H,27,32)/t19-,20+,22-/m1/s1.